The smallest absolute Gasteiger partial charge is 0.295 e. The Morgan fingerprint density at radius 2 is 1.97 bits per heavy atom. The molecule has 0 aliphatic heterocycles. The number of aromatic nitrogens is 7. The van der Waals surface area contributed by atoms with Gasteiger partial charge in [0.15, 0.2) is 0 Å². The highest BCUT2D eigenvalue weighted by Gasteiger charge is 2.41. The second-order valence-electron chi connectivity index (χ2n) is 9.86. The molecule has 176 valence electrons. The third-order valence-corrected chi connectivity index (χ3v) is 7.21. The number of nitrogens with one attached hydrogen (secondary N) is 1. The average molecular weight is 458 g/mol. The van der Waals surface area contributed by atoms with Gasteiger partial charge in [-0.05, 0) is 59.1 Å². The Balaban J connectivity index is 1.57. The van der Waals surface area contributed by atoms with Gasteiger partial charge in [0, 0.05) is 35.9 Å². The molecule has 1 fully saturated rings. The molecule has 0 saturated heterocycles. The third kappa shape index (κ3) is 3.97. The van der Waals surface area contributed by atoms with Crippen molar-refractivity contribution in [1.82, 2.24) is 34.7 Å². The molecule has 0 radical (unpaired) electrons. The fourth-order valence-electron chi connectivity index (χ4n) is 5.04. The van der Waals surface area contributed by atoms with Gasteiger partial charge in [-0.25, -0.2) is 4.79 Å². The van der Waals surface area contributed by atoms with Crippen LogP contribution in [0.2, 0.25) is 0 Å². The average Bonchev–Trinajstić information content (AvgIpc) is 3.47. The number of hydrogen-bond donors (Lipinski definition) is 1. The fraction of sp³-hybridized carbons (Fsp3) is 0.423. The van der Waals surface area contributed by atoms with E-state index in [0.717, 1.165) is 60.1 Å². The lowest BCUT2D eigenvalue weighted by molar-refractivity contribution is 0.0786. The zero-order valence-corrected chi connectivity index (χ0v) is 20.0. The lowest BCUT2D eigenvalue weighted by Gasteiger charge is -2.44. The summed E-state index contributed by atoms with van der Waals surface area (Å²) in [5.41, 5.74) is 5.20. The maximum Gasteiger partial charge on any atom is 0.328 e. The first-order chi connectivity index (χ1) is 16.5. The minimum Gasteiger partial charge on any atom is -0.295 e. The van der Waals surface area contributed by atoms with E-state index >= 15 is 0 Å². The van der Waals surface area contributed by atoms with E-state index in [4.69, 9.17) is 0 Å². The number of benzene rings is 1. The Kier molecular flexibility index (Phi) is 5.89. The molecule has 0 spiro atoms. The molecule has 4 aromatic rings. The van der Waals surface area contributed by atoms with Crippen molar-refractivity contribution in [3.05, 3.63) is 70.7 Å². The molecule has 3 aromatic heterocycles. The van der Waals surface area contributed by atoms with E-state index in [1.54, 1.807) is 6.20 Å². The Bertz CT molecular complexity index is 1330. The van der Waals surface area contributed by atoms with E-state index in [1.165, 1.54) is 0 Å². The van der Waals surface area contributed by atoms with Gasteiger partial charge >= 0.3 is 5.69 Å². The topological polar surface area (TPSA) is 94.3 Å². The molecule has 1 aromatic carbocycles. The van der Waals surface area contributed by atoms with Gasteiger partial charge in [-0.2, -0.15) is 5.21 Å². The van der Waals surface area contributed by atoms with Crippen molar-refractivity contribution in [2.45, 2.75) is 65.5 Å². The van der Waals surface area contributed by atoms with Crippen molar-refractivity contribution in [1.29, 1.82) is 0 Å². The number of aromatic amines is 1. The van der Waals surface area contributed by atoms with Crippen molar-refractivity contribution >= 4 is 0 Å². The van der Waals surface area contributed by atoms with E-state index in [0.29, 0.717) is 12.4 Å². The molecule has 8 heteroatoms. The van der Waals surface area contributed by atoms with Gasteiger partial charge in [0.05, 0.1) is 6.54 Å². The van der Waals surface area contributed by atoms with Crippen LogP contribution in [0, 0.1) is 5.41 Å². The molecule has 5 rings (SSSR count). The van der Waals surface area contributed by atoms with Crippen LogP contribution in [0.5, 0.6) is 0 Å². The predicted molar refractivity (Wildman–Crippen MR) is 131 cm³/mol. The Hall–Kier alpha value is -3.55. The molecule has 1 aliphatic rings. The highest BCUT2D eigenvalue weighted by molar-refractivity contribution is 5.81. The molecule has 1 aliphatic carbocycles. The van der Waals surface area contributed by atoms with Gasteiger partial charge in [-0.1, -0.05) is 51.5 Å². The molecule has 3 heterocycles. The highest BCUT2D eigenvalue weighted by Crippen LogP contribution is 2.48. The summed E-state index contributed by atoms with van der Waals surface area (Å²) in [4.78, 5) is 18.1. The van der Waals surface area contributed by atoms with Crippen LogP contribution < -0.4 is 5.69 Å². The highest BCUT2D eigenvalue weighted by atomic mass is 16.1. The number of unbranched alkanes of at least 4 members (excludes halogenated alkanes) is 1. The first kappa shape index (κ1) is 22.3. The number of tetrazole rings is 1. The van der Waals surface area contributed by atoms with Crippen LogP contribution in [0.1, 0.15) is 63.8 Å². The van der Waals surface area contributed by atoms with Gasteiger partial charge in [0.25, 0.3) is 0 Å². The summed E-state index contributed by atoms with van der Waals surface area (Å²) in [6.45, 7) is 7.17. The normalized spacial score (nSPS) is 17.0. The van der Waals surface area contributed by atoms with Crippen molar-refractivity contribution in [2.24, 2.45) is 5.41 Å². The number of H-pyrrole nitrogens is 1. The third-order valence-electron chi connectivity index (χ3n) is 7.21. The number of pyridine rings is 1. The summed E-state index contributed by atoms with van der Waals surface area (Å²) in [5, 5.41) is 14.6. The van der Waals surface area contributed by atoms with E-state index < -0.39 is 0 Å². The molecule has 8 nitrogen and oxygen atoms in total. The molecule has 0 amide bonds. The predicted octanol–water partition coefficient (Wildman–Crippen LogP) is 4.64. The second-order valence-corrected chi connectivity index (χ2v) is 9.86. The Morgan fingerprint density at radius 1 is 1.15 bits per heavy atom. The monoisotopic (exact) mass is 457 g/mol. The standard InChI is InChI=1S/C26H31N7O/c1-4-5-8-19-17-33(23-11-13-26(23,2)3)25(34)32(19)16-18-15-27-14-12-20(18)21-9-6-7-10-22(21)24-28-30-31-29-24/h6-7,9-10,12,14-15,17,23H,4-5,8,11,13,16H2,1-3H3,(H,28,29,30,31). The fourth-order valence-corrected chi connectivity index (χ4v) is 5.04. The van der Waals surface area contributed by atoms with Crippen LogP contribution >= 0.6 is 0 Å². The van der Waals surface area contributed by atoms with Crippen molar-refractivity contribution in [3.8, 4) is 22.5 Å². The van der Waals surface area contributed by atoms with E-state index in [9.17, 15) is 4.79 Å². The Labute approximate surface area is 199 Å². The summed E-state index contributed by atoms with van der Waals surface area (Å²) < 4.78 is 3.93. The number of aryl methyl sites for hydroxylation is 1. The summed E-state index contributed by atoms with van der Waals surface area (Å²) in [6.07, 6.45) is 11.0. The quantitative estimate of drug-likeness (QED) is 0.416. The molecule has 1 saturated carbocycles. The van der Waals surface area contributed by atoms with E-state index in [1.807, 2.05) is 45.7 Å². The van der Waals surface area contributed by atoms with Gasteiger partial charge in [0.1, 0.15) is 0 Å². The molecule has 0 bridgehead atoms. The SMILES string of the molecule is CCCCc1cn(C2CCC2(C)C)c(=O)n1Cc1cnccc1-c1ccccc1-c1nn[nH]n1. The van der Waals surface area contributed by atoms with Gasteiger partial charge in [-0.3, -0.25) is 14.1 Å². The number of nitrogens with zero attached hydrogens (tertiary/aromatic N) is 6. The van der Waals surface area contributed by atoms with Crippen molar-refractivity contribution in [3.63, 3.8) is 0 Å². The zero-order chi connectivity index (χ0) is 23.7. The first-order valence-electron chi connectivity index (χ1n) is 12.1. The Morgan fingerprint density at radius 3 is 2.65 bits per heavy atom. The maximum atomic E-state index is 13.7. The molecule has 1 atom stereocenters. The van der Waals surface area contributed by atoms with Gasteiger partial charge in [-0.15, -0.1) is 10.2 Å². The largest absolute Gasteiger partial charge is 0.328 e. The summed E-state index contributed by atoms with van der Waals surface area (Å²) in [6, 6.07) is 10.2. The molecule has 1 N–H and O–H groups in total. The second kappa shape index (κ2) is 9.00. The first-order valence-corrected chi connectivity index (χ1v) is 12.1. The van der Waals surface area contributed by atoms with Gasteiger partial charge < -0.3 is 0 Å². The zero-order valence-electron chi connectivity index (χ0n) is 20.0. The summed E-state index contributed by atoms with van der Waals surface area (Å²) in [7, 11) is 0. The van der Waals surface area contributed by atoms with E-state index in [-0.39, 0.29) is 17.1 Å². The molecule has 1 unspecified atom stereocenters. The van der Waals surface area contributed by atoms with Crippen LogP contribution in [-0.4, -0.2) is 34.7 Å². The minimum atomic E-state index is 0.0742. The molecular weight excluding hydrogens is 426 g/mol. The molecule has 34 heavy (non-hydrogen) atoms. The van der Waals surface area contributed by atoms with Crippen LogP contribution in [0.15, 0.2) is 53.7 Å². The molecular formula is C26H31N7O. The lowest BCUT2D eigenvalue weighted by Crippen LogP contribution is -2.41. The van der Waals surface area contributed by atoms with Crippen molar-refractivity contribution in [2.75, 3.05) is 0 Å². The maximum absolute atomic E-state index is 13.7. The van der Waals surface area contributed by atoms with Crippen molar-refractivity contribution < 1.29 is 0 Å². The van der Waals surface area contributed by atoms with Crippen LogP contribution in [0.3, 0.4) is 0 Å². The van der Waals surface area contributed by atoms with E-state index in [2.05, 4.69) is 52.6 Å². The lowest BCUT2D eigenvalue weighted by atomic mass is 9.67. The number of hydrogen-bond acceptors (Lipinski definition) is 5. The number of imidazole rings is 1. The minimum absolute atomic E-state index is 0.0742. The summed E-state index contributed by atoms with van der Waals surface area (Å²) >= 11 is 0. The number of rotatable bonds is 8. The van der Waals surface area contributed by atoms with Crippen LogP contribution in [0.25, 0.3) is 22.5 Å². The van der Waals surface area contributed by atoms with Crippen LogP contribution in [-0.2, 0) is 13.0 Å². The summed E-state index contributed by atoms with van der Waals surface area (Å²) in [5.74, 6) is 0.539. The van der Waals surface area contributed by atoms with Gasteiger partial charge in [0.2, 0.25) is 5.82 Å². The van der Waals surface area contributed by atoms with Crippen LogP contribution in [0.4, 0.5) is 0 Å².